The van der Waals surface area contributed by atoms with Crippen LogP contribution in [0.4, 0.5) is 13.2 Å². The number of amides is 1. The summed E-state index contributed by atoms with van der Waals surface area (Å²) < 4.78 is 54.5. The minimum atomic E-state index is -4.66. The first kappa shape index (κ1) is 22.8. The molecule has 0 saturated carbocycles. The van der Waals surface area contributed by atoms with Crippen LogP contribution >= 0.6 is 0 Å². The van der Waals surface area contributed by atoms with Crippen LogP contribution in [0.25, 0.3) is 11.1 Å². The first-order chi connectivity index (χ1) is 15.8. The van der Waals surface area contributed by atoms with E-state index in [9.17, 15) is 18.0 Å². The molecule has 4 rings (SSSR count). The van der Waals surface area contributed by atoms with Gasteiger partial charge in [-0.25, -0.2) is 4.98 Å². The fourth-order valence-corrected chi connectivity index (χ4v) is 4.18. The third-order valence-electron chi connectivity index (χ3n) is 5.69. The van der Waals surface area contributed by atoms with Crippen molar-refractivity contribution in [3.63, 3.8) is 0 Å². The number of aromatic nitrogens is 2. The summed E-state index contributed by atoms with van der Waals surface area (Å²) in [5.74, 6) is -0.129. The average molecular weight is 459 g/mol. The number of carbonyl (C=O) groups excluding carboxylic acids is 1. The maximum atomic E-state index is 14.3. The van der Waals surface area contributed by atoms with Crippen LogP contribution in [0, 0.1) is 6.92 Å². The van der Waals surface area contributed by atoms with Gasteiger partial charge in [-0.15, -0.1) is 0 Å². The van der Waals surface area contributed by atoms with Crippen molar-refractivity contribution in [2.24, 2.45) is 0 Å². The molecule has 0 atom stereocenters. The number of benzene rings is 1. The number of pyridine rings is 1. The number of ether oxygens (including phenoxy) is 2. The van der Waals surface area contributed by atoms with Crippen molar-refractivity contribution in [3.8, 4) is 17.0 Å². The molecular weight excluding hydrogens is 435 g/mol. The number of halogens is 3. The number of hydrogen-bond acceptors (Lipinski definition) is 4. The van der Waals surface area contributed by atoms with Crippen molar-refractivity contribution in [1.82, 2.24) is 14.5 Å². The fraction of sp³-hybridized carbons (Fsp3) is 0.333. The van der Waals surface area contributed by atoms with Gasteiger partial charge in [0.15, 0.2) is 0 Å². The lowest BCUT2D eigenvalue weighted by atomic mass is 10.0. The molecule has 1 aliphatic rings. The van der Waals surface area contributed by atoms with Crippen LogP contribution in [0.2, 0.25) is 0 Å². The van der Waals surface area contributed by atoms with Crippen molar-refractivity contribution in [2.45, 2.75) is 19.6 Å². The van der Waals surface area contributed by atoms with Gasteiger partial charge in [0.1, 0.15) is 11.4 Å². The van der Waals surface area contributed by atoms with E-state index in [2.05, 4.69) is 4.98 Å². The Labute approximate surface area is 189 Å². The molecule has 33 heavy (non-hydrogen) atoms. The molecule has 1 aromatic carbocycles. The molecule has 1 fully saturated rings. The van der Waals surface area contributed by atoms with Gasteiger partial charge >= 0.3 is 6.18 Å². The lowest BCUT2D eigenvalue weighted by molar-refractivity contribution is -0.143. The number of alkyl halides is 3. The zero-order valence-corrected chi connectivity index (χ0v) is 18.4. The molecule has 2 aromatic heterocycles. The zero-order valence-electron chi connectivity index (χ0n) is 18.4. The Balaban J connectivity index is 1.96. The van der Waals surface area contributed by atoms with Gasteiger partial charge in [-0.1, -0.05) is 30.3 Å². The first-order valence-electron chi connectivity index (χ1n) is 10.5. The minimum Gasteiger partial charge on any atom is -0.481 e. The molecule has 0 N–H and O–H groups in total. The van der Waals surface area contributed by atoms with Crippen LogP contribution in [-0.2, 0) is 17.5 Å². The molecule has 1 amide bonds. The van der Waals surface area contributed by atoms with E-state index < -0.39 is 17.8 Å². The second kappa shape index (κ2) is 9.27. The van der Waals surface area contributed by atoms with E-state index in [1.54, 1.807) is 47.4 Å². The quantitative estimate of drug-likeness (QED) is 0.567. The monoisotopic (exact) mass is 459 g/mol. The summed E-state index contributed by atoms with van der Waals surface area (Å²) in [7, 11) is 1.46. The Morgan fingerprint density at radius 3 is 2.39 bits per heavy atom. The molecule has 9 heteroatoms. The highest BCUT2D eigenvalue weighted by Gasteiger charge is 2.42. The molecule has 6 nitrogen and oxygen atoms in total. The first-order valence-corrected chi connectivity index (χ1v) is 10.5. The lowest BCUT2D eigenvalue weighted by Gasteiger charge is -2.28. The van der Waals surface area contributed by atoms with Crippen molar-refractivity contribution in [2.75, 3.05) is 33.4 Å². The summed E-state index contributed by atoms with van der Waals surface area (Å²) in [6.07, 6.45) is -3.22. The Morgan fingerprint density at radius 1 is 1.12 bits per heavy atom. The molecule has 174 valence electrons. The number of rotatable bonds is 5. The maximum Gasteiger partial charge on any atom is 0.431 e. The number of morpholine rings is 1. The Hall–Kier alpha value is -3.33. The van der Waals surface area contributed by atoms with E-state index in [0.717, 1.165) is 4.57 Å². The van der Waals surface area contributed by atoms with Crippen LogP contribution in [0.15, 0.2) is 48.7 Å². The van der Waals surface area contributed by atoms with Gasteiger partial charge < -0.3 is 18.9 Å². The average Bonchev–Trinajstić information content (AvgIpc) is 3.11. The van der Waals surface area contributed by atoms with E-state index in [0.29, 0.717) is 43.3 Å². The fourth-order valence-electron chi connectivity index (χ4n) is 4.18. The highest BCUT2D eigenvalue weighted by Crippen LogP contribution is 2.41. The van der Waals surface area contributed by atoms with Crippen molar-refractivity contribution in [1.29, 1.82) is 0 Å². The maximum absolute atomic E-state index is 14.3. The van der Waals surface area contributed by atoms with E-state index >= 15 is 0 Å². The zero-order chi connectivity index (χ0) is 23.6. The van der Waals surface area contributed by atoms with E-state index in [1.807, 2.05) is 0 Å². The van der Waals surface area contributed by atoms with Gasteiger partial charge in [-0.2, -0.15) is 13.2 Å². The predicted octanol–water partition coefficient (Wildman–Crippen LogP) is 4.41. The summed E-state index contributed by atoms with van der Waals surface area (Å²) in [6.45, 7) is 2.63. The number of hydrogen-bond donors (Lipinski definition) is 0. The van der Waals surface area contributed by atoms with Gasteiger partial charge in [0.2, 0.25) is 5.88 Å². The molecule has 3 heterocycles. The van der Waals surface area contributed by atoms with Gasteiger partial charge in [-0.3, -0.25) is 4.79 Å². The van der Waals surface area contributed by atoms with Crippen LogP contribution in [-0.4, -0.2) is 53.8 Å². The largest absolute Gasteiger partial charge is 0.481 e. The molecule has 3 aromatic rings. The normalized spacial score (nSPS) is 14.4. The smallest absolute Gasteiger partial charge is 0.431 e. The highest BCUT2D eigenvalue weighted by atomic mass is 19.4. The molecule has 0 spiro atoms. The third-order valence-corrected chi connectivity index (χ3v) is 5.69. The minimum absolute atomic E-state index is 0.00227. The van der Waals surface area contributed by atoms with Crippen LogP contribution in [0.3, 0.4) is 0 Å². The molecule has 0 unspecified atom stereocenters. The summed E-state index contributed by atoms with van der Waals surface area (Å²) in [5, 5.41) is 0. The summed E-state index contributed by atoms with van der Waals surface area (Å²) in [5.41, 5.74) is 0.453. The van der Waals surface area contributed by atoms with E-state index in [4.69, 9.17) is 9.47 Å². The number of carbonyl (C=O) groups is 1. The lowest BCUT2D eigenvalue weighted by Crippen LogP contribution is -2.41. The van der Waals surface area contributed by atoms with Gasteiger partial charge in [0.05, 0.1) is 20.3 Å². The van der Waals surface area contributed by atoms with E-state index in [1.165, 1.54) is 20.2 Å². The van der Waals surface area contributed by atoms with Crippen LogP contribution in [0.1, 0.15) is 27.3 Å². The topological polar surface area (TPSA) is 56.6 Å². The Bertz CT molecular complexity index is 1120. The molecule has 0 bridgehead atoms. The summed E-state index contributed by atoms with van der Waals surface area (Å²) in [4.78, 5) is 19.4. The van der Waals surface area contributed by atoms with Crippen molar-refractivity contribution in [3.05, 3.63) is 71.2 Å². The van der Waals surface area contributed by atoms with Gasteiger partial charge in [0, 0.05) is 43.0 Å². The molecular formula is C24H24F3N3O3. The Kier molecular flexibility index (Phi) is 6.42. The van der Waals surface area contributed by atoms with Crippen molar-refractivity contribution >= 4 is 5.91 Å². The Morgan fingerprint density at radius 2 is 1.82 bits per heavy atom. The molecule has 1 aliphatic heterocycles. The van der Waals surface area contributed by atoms with Gasteiger partial charge in [-0.05, 0) is 24.1 Å². The van der Waals surface area contributed by atoms with Crippen LogP contribution < -0.4 is 4.74 Å². The standard InChI is InChI=1S/C24H24F3N3O3/c1-16-20(18-8-9-19(32-2)28-14-18)21(23(31)29-10-12-33-13-11-29)30(22(16)24(25,26)27)15-17-6-4-3-5-7-17/h3-9,14H,10-13,15H2,1-2H3. The second-order valence-electron chi connectivity index (χ2n) is 7.76. The third kappa shape index (κ3) is 4.59. The van der Waals surface area contributed by atoms with E-state index in [-0.39, 0.29) is 23.4 Å². The molecule has 1 saturated heterocycles. The SMILES string of the molecule is COc1ccc(-c2c(C)c(C(F)(F)F)n(Cc3ccccc3)c2C(=O)N2CCOCC2)cn1. The molecule has 0 radical (unpaired) electrons. The summed E-state index contributed by atoms with van der Waals surface area (Å²) in [6, 6.07) is 12.0. The highest BCUT2D eigenvalue weighted by molar-refractivity contribution is 6.01. The van der Waals surface area contributed by atoms with Crippen molar-refractivity contribution < 1.29 is 27.4 Å². The second-order valence-corrected chi connectivity index (χ2v) is 7.76. The predicted molar refractivity (Wildman–Crippen MR) is 116 cm³/mol. The number of nitrogens with zero attached hydrogens (tertiary/aromatic N) is 3. The van der Waals surface area contributed by atoms with Crippen LogP contribution in [0.5, 0.6) is 5.88 Å². The summed E-state index contributed by atoms with van der Waals surface area (Å²) >= 11 is 0. The number of methoxy groups -OCH3 is 1. The van der Waals surface area contributed by atoms with Gasteiger partial charge in [0.25, 0.3) is 5.91 Å². The molecule has 0 aliphatic carbocycles.